The summed E-state index contributed by atoms with van der Waals surface area (Å²) in [7, 11) is -2.05. The van der Waals surface area contributed by atoms with E-state index in [4.69, 9.17) is 9.47 Å². The number of hydrogen-bond donors (Lipinski definition) is 0. The molecule has 21 heavy (non-hydrogen) atoms. The van der Waals surface area contributed by atoms with E-state index >= 15 is 0 Å². The number of hydrogen-bond acceptors (Lipinski definition) is 7. The second kappa shape index (κ2) is 7.38. The monoisotopic (exact) mass is 330 g/mol. The molecule has 2 amide bonds. The van der Waals surface area contributed by atoms with Gasteiger partial charge in [-0.05, 0) is 5.57 Å². The second-order valence-corrected chi connectivity index (χ2v) is 5.42. The largest absolute Gasteiger partial charge is 1.00 e. The standard InChI is InChI=1S/C10H16N2O7S.Na/c1-17-5-7-3-8(6-18-2)11-4-9(7)12(10(11)13)19-20(14,15)16;/h3,8-9H,4-6H2,1-2H3,(H,14,15,16);/q;+1/p-1. The Kier molecular flexibility index (Phi) is 6.62. The van der Waals surface area contributed by atoms with Gasteiger partial charge in [-0.1, -0.05) is 6.08 Å². The van der Waals surface area contributed by atoms with Crippen LogP contribution in [-0.4, -0.2) is 75.0 Å². The third kappa shape index (κ3) is 4.17. The third-order valence-electron chi connectivity index (χ3n) is 3.14. The second-order valence-electron chi connectivity index (χ2n) is 4.46. The first-order chi connectivity index (χ1) is 9.37. The van der Waals surface area contributed by atoms with Crippen molar-refractivity contribution < 1.29 is 61.1 Å². The molecule has 0 radical (unpaired) electrons. The van der Waals surface area contributed by atoms with Gasteiger partial charge in [0.25, 0.3) is 0 Å². The molecule has 0 aromatic heterocycles. The smallest absolute Gasteiger partial charge is 0.724 e. The first kappa shape index (κ1) is 18.8. The number of amides is 2. The molecule has 114 valence electrons. The van der Waals surface area contributed by atoms with Crippen LogP contribution < -0.4 is 29.6 Å². The zero-order valence-electron chi connectivity index (χ0n) is 12.0. The van der Waals surface area contributed by atoms with Crippen LogP contribution in [0, 0.1) is 0 Å². The van der Waals surface area contributed by atoms with Crippen molar-refractivity contribution in [1.29, 1.82) is 0 Å². The summed E-state index contributed by atoms with van der Waals surface area (Å²) in [5.41, 5.74) is 0.667. The third-order valence-corrected chi connectivity index (χ3v) is 3.48. The maximum atomic E-state index is 12.1. The Hall–Kier alpha value is -0.200. The fourth-order valence-electron chi connectivity index (χ4n) is 2.39. The number of nitrogens with zero attached hydrogens (tertiary/aromatic N) is 2. The molecule has 2 bridgehead atoms. The quantitative estimate of drug-likeness (QED) is 0.212. The molecule has 0 aromatic rings. The molecule has 2 atom stereocenters. The van der Waals surface area contributed by atoms with Gasteiger partial charge in [0.1, 0.15) is 6.04 Å². The Morgan fingerprint density at radius 3 is 2.57 bits per heavy atom. The molecule has 0 aromatic carbocycles. The summed E-state index contributed by atoms with van der Waals surface area (Å²) in [5, 5.41) is 0.586. The summed E-state index contributed by atoms with van der Waals surface area (Å²) in [6.07, 6.45) is 1.76. The zero-order valence-corrected chi connectivity index (χ0v) is 14.8. The van der Waals surface area contributed by atoms with Gasteiger partial charge in [-0.3, -0.25) is 0 Å². The van der Waals surface area contributed by atoms with Crippen molar-refractivity contribution >= 4 is 16.4 Å². The summed E-state index contributed by atoms with van der Waals surface area (Å²) in [6.45, 7) is 0.673. The van der Waals surface area contributed by atoms with Gasteiger partial charge in [-0.2, -0.15) is 9.35 Å². The van der Waals surface area contributed by atoms with Gasteiger partial charge >= 0.3 is 35.6 Å². The summed E-state index contributed by atoms with van der Waals surface area (Å²) in [6, 6.07) is -1.69. The number of urea groups is 1. The number of fused-ring (bicyclic) bond motifs is 2. The molecule has 1 saturated heterocycles. The minimum atomic E-state index is -5.02. The number of carbonyl (C=O) groups is 1. The molecule has 0 N–H and O–H groups in total. The minimum absolute atomic E-state index is 0. The molecular weight excluding hydrogens is 315 g/mol. The molecule has 0 spiro atoms. The van der Waals surface area contributed by atoms with Crippen LogP contribution in [0.3, 0.4) is 0 Å². The van der Waals surface area contributed by atoms with E-state index in [1.54, 1.807) is 6.08 Å². The van der Waals surface area contributed by atoms with Crippen LogP contribution in [0.15, 0.2) is 11.6 Å². The Bertz CT molecular complexity index is 523. The van der Waals surface area contributed by atoms with Crippen LogP contribution in [0.2, 0.25) is 0 Å². The Morgan fingerprint density at radius 1 is 1.38 bits per heavy atom. The van der Waals surface area contributed by atoms with Crippen LogP contribution in [0.1, 0.15) is 0 Å². The Labute approximate surface area is 145 Å². The fourth-order valence-corrected chi connectivity index (χ4v) is 2.76. The van der Waals surface area contributed by atoms with Gasteiger partial charge in [-0.25, -0.2) is 13.2 Å². The zero-order chi connectivity index (χ0) is 14.9. The van der Waals surface area contributed by atoms with E-state index in [1.165, 1.54) is 19.1 Å². The molecule has 2 aliphatic heterocycles. The average molecular weight is 330 g/mol. The molecule has 9 nitrogen and oxygen atoms in total. The van der Waals surface area contributed by atoms with E-state index < -0.39 is 22.5 Å². The maximum absolute atomic E-state index is 12.1. The number of hydroxylamine groups is 2. The van der Waals surface area contributed by atoms with Crippen molar-refractivity contribution in [2.75, 3.05) is 34.0 Å². The van der Waals surface area contributed by atoms with Crippen molar-refractivity contribution in [1.82, 2.24) is 9.96 Å². The summed E-state index contributed by atoms with van der Waals surface area (Å²) < 4.78 is 46.5. The van der Waals surface area contributed by atoms with Gasteiger partial charge in [0.05, 0.1) is 25.8 Å². The molecular formula is C10H15N2NaO7S. The summed E-state index contributed by atoms with van der Waals surface area (Å²) >= 11 is 0. The Balaban J connectivity index is 0.00000220. The van der Waals surface area contributed by atoms with Crippen LogP contribution in [0.5, 0.6) is 0 Å². The van der Waals surface area contributed by atoms with E-state index in [0.29, 0.717) is 10.6 Å². The van der Waals surface area contributed by atoms with Gasteiger partial charge in [-0.15, -0.1) is 0 Å². The molecule has 2 heterocycles. The number of rotatable bonds is 6. The fraction of sp³-hybridized carbons (Fsp3) is 0.700. The molecule has 2 aliphatic rings. The van der Waals surface area contributed by atoms with Crippen LogP contribution in [0.25, 0.3) is 0 Å². The maximum Gasteiger partial charge on any atom is 1.00 e. The molecule has 1 fully saturated rings. The van der Waals surface area contributed by atoms with Crippen LogP contribution in [-0.2, 0) is 24.2 Å². The first-order valence-corrected chi connectivity index (χ1v) is 7.14. The van der Waals surface area contributed by atoms with Crippen LogP contribution >= 0.6 is 0 Å². The SMILES string of the molecule is COCC1=CC(COC)N2CC1N(OS(=O)(=O)[O-])C2=O.[Na+]. The van der Waals surface area contributed by atoms with Crippen molar-refractivity contribution in [2.24, 2.45) is 0 Å². The summed E-state index contributed by atoms with van der Waals surface area (Å²) in [4.78, 5) is 13.5. The van der Waals surface area contributed by atoms with Crippen LogP contribution in [0.4, 0.5) is 4.79 Å². The van der Waals surface area contributed by atoms with E-state index in [2.05, 4.69) is 4.28 Å². The van der Waals surface area contributed by atoms with Crippen molar-refractivity contribution in [3.63, 3.8) is 0 Å². The van der Waals surface area contributed by atoms with Crippen molar-refractivity contribution in [3.8, 4) is 0 Å². The topological polar surface area (TPSA) is 108 Å². The van der Waals surface area contributed by atoms with Crippen molar-refractivity contribution in [2.45, 2.75) is 12.1 Å². The first-order valence-electron chi connectivity index (χ1n) is 5.81. The number of ether oxygens (including phenoxy) is 2. The number of carbonyl (C=O) groups excluding carboxylic acids is 1. The molecule has 2 rings (SSSR count). The Morgan fingerprint density at radius 2 is 2.05 bits per heavy atom. The average Bonchev–Trinajstić information content (AvgIpc) is 2.60. The van der Waals surface area contributed by atoms with E-state index in [1.807, 2.05) is 0 Å². The molecule has 2 unspecified atom stereocenters. The predicted molar refractivity (Wildman–Crippen MR) is 64.1 cm³/mol. The van der Waals surface area contributed by atoms with E-state index in [-0.39, 0.29) is 55.4 Å². The predicted octanol–water partition coefficient (Wildman–Crippen LogP) is -3.91. The van der Waals surface area contributed by atoms with Gasteiger partial charge < -0.3 is 18.9 Å². The number of methoxy groups -OCH3 is 2. The van der Waals surface area contributed by atoms with Gasteiger partial charge in [0, 0.05) is 14.2 Å². The van der Waals surface area contributed by atoms with Crippen molar-refractivity contribution in [3.05, 3.63) is 11.6 Å². The molecule has 0 aliphatic carbocycles. The van der Waals surface area contributed by atoms with E-state index in [9.17, 15) is 17.8 Å². The normalized spacial score (nSPS) is 24.9. The van der Waals surface area contributed by atoms with Gasteiger partial charge in [0.2, 0.25) is 10.4 Å². The molecule has 11 heteroatoms. The minimum Gasteiger partial charge on any atom is -0.724 e. The molecule has 0 saturated carbocycles. The summed E-state index contributed by atoms with van der Waals surface area (Å²) in [5.74, 6) is 0. The van der Waals surface area contributed by atoms with Gasteiger partial charge in [0.15, 0.2) is 0 Å². The van der Waals surface area contributed by atoms with E-state index in [0.717, 1.165) is 0 Å².